The summed E-state index contributed by atoms with van der Waals surface area (Å²) in [4.78, 5) is 28.7. The molecule has 3 heterocycles. The number of hydrogen-bond acceptors (Lipinski definition) is 6. The van der Waals surface area contributed by atoms with E-state index in [1.165, 1.54) is 4.90 Å². The zero-order valence-corrected chi connectivity index (χ0v) is 18.6. The van der Waals surface area contributed by atoms with Gasteiger partial charge in [0.1, 0.15) is 5.70 Å². The van der Waals surface area contributed by atoms with Crippen molar-refractivity contribution in [2.45, 2.75) is 75.9 Å². The third-order valence-electron chi connectivity index (χ3n) is 7.07. The van der Waals surface area contributed by atoms with Crippen molar-refractivity contribution >= 4 is 29.5 Å². The third-order valence-corrected chi connectivity index (χ3v) is 8.60. The van der Waals surface area contributed by atoms with Gasteiger partial charge in [0.25, 0.3) is 0 Å². The molecule has 0 aromatic heterocycles. The number of hydrogen-bond donors (Lipinski definition) is 4. The minimum Gasteiger partial charge on any atom is -0.477 e. The van der Waals surface area contributed by atoms with Crippen LogP contribution in [0.3, 0.4) is 0 Å². The smallest absolute Gasteiger partial charge is 0.353 e. The average Bonchev–Trinajstić information content (AvgIpc) is 2.88. The number of carbonyl (C=O) groups excluding carboxylic acids is 1. The van der Waals surface area contributed by atoms with E-state index in [1.54, 1.807) is 18.7 Å². The van der Waals surface area contributed by atoms with Crippen LogP contribution in [0.4, 0.5) is 0 Å². The molecule has 3 aliphatic heterocycles. The number of aliphatic carboxylic acids is 1. The van der Waals surface area contributed by atoms with Gasteiger partial charge in [0.05, 0.1) is 23.9 Å². The number of fused-ring (bicyclic) bond motifs is 1. The highest BCUT2D eigenvalue weighted by molar-refractivity contribution is 8.03. The first-order chi connectivity index (χ1) is 14.2. The predicted octanol–water partition coefficient (Wildman–Crippen LogP) is 1.46. The summed E-state index contributed by atoms with van der Waals surface area (Å²) >= 11 is 1.61. The number of likely N-dealkylation sites (tertiary alicyclic amines) is 1. The number of nitrogens with zero attached hydrogens (tertiary/aromatic N) is 2. The van der Waals surface area contributed by atoms with Gasteiger partial charge in [0.2, 0.25) is 5.91 Å². The number of piperidine rings is 1. The quantitative estimate of drug-likeness (QED) is 0.283. The standard InChI is InChI=1S/C21H32N4O4S/c1-10-17-16(11(2)26)20(27)25(17)18(21(28)29)19(10)30-15-7-14(8-15)23-13-5-4-6-24(9-13)12(3)22/h10-11,13-17,22-23,26H,4-9H2,1-3H3,(H,28,29)/t10-,11-,13+,14-,15+,16-,17-/m1/s1. The van der Waals surface area contributed by atoms with Crippen LogP contribution in [0.2, 0.25) is 0 Å². The highest BCUT2D eigenvalue weighted by atomic mass is 32.2. The first-order valence-corrected chi connectivity index (χ1v) is 11.8. The van der Waals surface area contributed by atoms with Gasteiger partial charge in [-0.3, -0.25) is 10.2 Å². The summed E-state index contributed by atoms with van der Waals surface area (Å²) in [6.07, 6.45) is 3.42. The number of carboxylic acid groups (broad SMARTS) is 1. The van der Waals surface area contributed by atoms with Crippen molar-refractivity contribution in [1.29, 1.82) is 5.41 Å². The number of β-lactam (4-membered cyclic amide) rings is 1. The second-order valence-electron chi connectivity index (χ2n) is 9.22. The highest BCUT2D eigenvalue weighted by Gasteiger charge is 2.60. The Morgan fingerprint density at radius 3 is 2.63 bits per heavy atom. The number of carboxylic acids is 1. The number of amides is 1. The number of aliphatic hydroxyl groups excluding tert-OH is 1. The fourth-order valence-corrected chi connectivity index (χ4v) is 7.07. The third kappa shape index (κ3) is 3.65. The van der Waals surface area contributed by atoms with Crippen LogP contribution in [0.1, 0.15) is 46.5 Å². The van der Waals surface area contributed by atoms with Gasteiger partial charge in [-0.15, -0.1) is 11.8 Å². The van der Waals surface area contributed by atoms with Crippen molar-refractivity contribution in [2.24, 2.45) is 11.8 Å². The highest BCUT2D eigenvalue weighted by Crippen LogP contribution is 2.53. The molecule has 166 valence electrons. The summed E-state index contributed by atoms with van der Waals surface area (Å²) in [5.41, 5.74) is 0.125. The Hall–Kier alpha value is -1.58. The first kappa shape index (κ1) is 21.6. The topological polar surface area (TPSA) is 117 Å². The van der Waals surface area contributed by atoms with Crippen LogP contribution in [0.25, 0.3) is 0 Å². The Bertz CT molecular complexity index is 779. The molecule has 0 spiro atoms. The van der Waals surface area contributed by atoms with E-state index in [0.717, 1.165) is 43.7 Å². The maximum atomic E-state index is 12.4. The van der Waals surface area contributed by atoms with E-state index in [2.05, 4.69) is 10.2 Å². The number of amidine groups is 1. The zero-order valence-electron chi connectivity index (χ0n) is 17.8. The SMILES string of the molecule is CC(=N)N1CCC[C@H](N[C@H]2C[C@@H](SC3=C(C(=O)O)N4C(=O)[C@H]([C@@H](C)O)[C@H]4[C@H]3C)C2)C1. The molecule has 9 heteroatoms. The van der Waals surface area contributed by atoms with Crippen molar-refractivity contribution in [1.82, 2.24) is 15.1 Å². The van der Waals surface area contributed by atoms with Crippen LogP contribution < -0.4 is 5.32 Å². The average molecular weight is 437 g/mol. The second kappa shape index (κ2) is 8.16. The summed E-state index contributed by atoms with van der Waals surface area (Å²) in [6.45, 7) is 7.26. The molecule has 0 bridgehead atoms. The molecule has 3 fully saturated rings. The lowest BCUT2D eigenvalue weighted by Gasteiger charge is -2.46. The van der Waals surface area contributed by atoms with Gasteiger partial charge in [-0.05, 0) is 39.5 Å². The molecule has 0 aromatic rings. The minimum atomic E-state index is -1.05. The Labute approximate surface area is 181 Å². The molecule has 1 amide bonds. The van der Waals surface area contributed by atoms with Crippen LogP contribution in [-0.2, 0) is 9.59 Å². The largest absolute Gasteiger partial charge is 0.477 e. The van der Waals surface area contributed by atoms with Crippen LogP contribution >= 0.6 is 11.8 Å². The number of aliphatic hydroxyl groups is 1. The number of carbonyl (C=O) groups is 2. The van der Waals surface area contributed by atoms with Crippen LogP contribution in [0, 0.1) is 17.2 Å². The van der Waals surface area contributed by atoms with Gasteiger partial charge < -0.3 is 25.3 Å². The van der Waals surface area contributed by atoms with Crippen LogP contribution in [0.5, 0.6) is 0 Å². The van der Waals surface area contributed by atoms with Gasteiger partial charge in [0, 0.05) is 41.2 Å². The summed E-state index contributed by atoms with van der Waals surface area (Å²) in [5.74, 6) is -1.27. The summed E-state index contributed by atoms with van der Waals surface area (Å²) in [7, 11) is 0. The summed E-state index contributed by atoms with van der Waals surface area (Å²) < 4.78 is 0. The molecule has 30 heavy (non-hydrogen) atoms. The minimum absolute atomic E-state index is 0.0621. The normalized spacial score (nSPS) is 36.9. The van der Waals surface area contributed by atoms with Crippen LogP contribution in [0.15, 0.2) is 10.6 Å². The predicted molar refractivity (Wildman–Crippen MR) is 115 cm³/mol. The van der Waals surface area contributed by atoms with Crippen molar-refractivity contribution in [3.8, 4) is 0 Å². The van der Waals surface area contributed by atoms with Crippen LogP contribution in [-0.4, -0.2) is 80.3 Å². The van der Waals surface area contributed by atoms with Gasteiger partial charge >= 0.3 is 5.97 Å². The zero-order chi connectivity index (χ0) is 21.7. The lowest BCUT2D eigenvalue weighted by Crippen LogP contribution is -2.63. The number of rotatable bonds is 6. The van der Waals surface area contributed by atoms with E-state index in [9.17, 15) is 19.8 Å². The first-order valence-electron chi connectivity index (χ1n) is 10.9. The molecule has 2 saturated heterocycles. The van der Waals surface area contributed by atoms with Gasteiger partial charge in [-0.25, -0.2) is 4.79 Å². The Kier molecular flexibility index (Phi) is 5.89. The van der Waals surface area contributed by atoms with Crippen molar-refractivity contribution < 1.29 is 19.8 Å². The molecular weight excluding hydrogens is 404 g/mol. The number of thioether (sulfide) groups is 1. The van der Waals surface area contributed by atoms with E-state index in [4.69, 9.17) is 5.41 Å². The van der Waals surface area contributed by atoms with E-state index >= 15 is 0 Å². The van der Waals surface area contributed by atoms with E-state index in [0.29, 0.717) is 23.2 Å². The Balaban J connectivity index is 1.35. The lowest BCUT2D eigenvalue weighted by molar-refractivity contribution is -0.163. The van der Waals surface area contributed by atoms with E-state index in [1.807, 2.05) is 13.8 Å². The van der Waals surface area contributed by atoms with E-state index in [-0.39, 0.29) is 23.6 Å². The molecular formula is C21H32N4O4S. The van der Waals surface area contributed by atoms with Crippen molar-refractivity contribution in [3.63, 3.8) is 0 Å². The van der Waals surface area contributed by atoms with Gasteiger partial charge in [-0.2, -0.15) is 0 Å². The summed E-state index contributed by atoms with van der Waals surface area (Å²) in [5, 5.41) is 31.6. The molecule has 4 aliphatic rings. The second-order valence-corrected chi connectivity index (χ2v) is 10.6. The Morgan fingerprint density at radius 1 is 1.33 bits per heavy atom. The number of nitrogens with one attached hydrogen (secondary N) is 2. The maximum absolute atomic E-state index is 12.4. The molecule has 4 rings (SSSR count). The fraction of sp³-hybridized carbons (Fsp3) is 0.762. The van der Waals surface area contributed by atoms with Crippen molar-refractivity contribution in [3.05, 3.63) is 10.6 Å². The fourth-order valence-electron chi connectivity index (χ4n) is 5.41. The van der Waals surface area contributed by atoms with Gasteiger partial charge in [-0.1, -0.05) is 6.92 Å². The van der Waals surface area contributed by atoms with E-state index < -0.39 is 18.0 Å². The molecule has 1 saturated carbocycles. The lowest BCUT2D eigenvalue weighted by atomic mass is 9.79. The monoisotopic (exact) mass is 436 g/mol. The Morgan fingerprint density at radius 2 is 2.03 bits per heavy atom. The molecule has 5 atom stereocenters. The molecule has 0 aromatic carbocycles. The summed E-state index contributed by atoms with van der Waals surface area (Å²) in [6, 6.07) is 0.589. The molecule has 0 unspecified atom stereocenters. The van der Waals surface area contributed by atoms with Gasteiger partial charge in [0.15, 0.2) is 0 Å². The molecule has 4 N–H and O–H groups in total. The molecule has 0 radical (unpaired) electrons. The maximum Gasteiger partial charge on any atom is 0.353 e. The van der Waals surface area contributed by atoms with Crippen molar-refractivity contribution in [2.75, 3.05) is 13.1 Å². The molecule has 1 aliphatic carbocycles. The molecule has 8 nitrogen and oxygen atoms in total.